The first-order chi connectivity index (χ1) is 15.0. The van der Waals surface area contributed by atoms with Gasteiger partial charge in [-0.05, 0) is 37.6 Å². The van der Waals surface area contributed by atoms with Crippen LogP contribution in [0.1, 0.15) is 41.4 Å². The summed E-state index contributed by atoms with van der Waals surface area (Å²) in [5, 5.41) is 12.1. The second-order valence-electron chi connectivity index (χ2n) is 6.85. The summed E-state index contributed by atoms with van der Waals surface area (Å²) in [4.78, 5) is 39.1. The van der Waals surface area contributed by atoms with Gasteiger partial charge in [-0.3, -0.25) is 10.1 Å². The lowest BCUT2D eigenvalue weighted by Crippen LogP contribution is -2.56. The Hall–Kier alpha value is -3.76. The summed E-state index contributed by atoms with van der Waals surface area (Å²) in [6, 6.07) is 16.4. The van der Waals surface area contributed by atoms with Crippen LogP contribution < -0.4 is 5.32 Å². The maximum absolute atomic E-state index is 13.3. The molecule has 7 heteroatoms. The number of hydrogen-bond donors (Lipinski definition) is 1. The van der Waals surface area contributed by atoms with Crippen LogP contribution in [-0.2, 0) is 19.1 Å². The molecule has 0 saturated heterocycles. The van der Waals surface area contributed by atoms with Gasteiger partial charge < -0.3 is 9.47 Å². The molecule has 2 aromatic rings. The number of nitrogens with one attached hydrogen (secondary N) is 1. The van der Waals surface area contributed by atoms with Gasteiger partial charge in [0.15, 0.2) is 5.78 Å². The minimum absolute atomic E-state index is 0.0546. The summed E-state index contributed by atoms with van der Waals surface area (Å²) in [7, 11) is 0. The molecule has 1 heterocycles. The molecule has 2 aromatic carbocycles. The number of carbonyl (C=O) groups excluding carboxylic acids is 3. The van der Waals surface area contributed by atoms with Gasteiger partial charge in [0.05, 0.1) is 30.9 Å². The van der Waals surface area contributed by atoms with E-state index >= 15 is 0 Å². The number of nitriles is 1. The molecule has 1 N–H and O–H groups in total. The molecule has 0 amide bonds. The molecule has 0 saturated carbocycles. The molecule has 0 spiro atoms. The van der Waals surface area contributed by atoms with Crippen molar-refractivity contribution in [3.05, 3.63) is 82.9 Å². The van der Waals surface area contributed by atoms with Crippen LogP contribution in [0.25, 0.3) is 0 Å². The first-order valence-corrected chi connectivity index (χ1v) is 9.91. The zero-order valence-corrected chi connectivity index (χ0v) is 17.3. The molecule has 3 rings (SSSR count). The highest BCUT2D eigenvalue weighted by molar-refractivity contribution is 6.15. The van der Waals surface area contributed by atoms with Crippen molar-refractivity contribution in [2.24, 2.45) is 0 Å². The smallest absolute Gasteiger partial charge is 0.342 e. The Balaban J connectivity index is 2.14. The third-order valence-electron chi connectivity index (χ3n) is 4.92. The number of benzene rings is 2. The number of esters is 2. The summed E-state index contributed by atoms with van der Waals surface area (Å²) in [5.74, 6) is -2.02. The van der Waals surface area contributed by atoms with Gasteiger partial charge in [-0.25, -0.2) is 9.59 Å². The van der Waals surface area contributed by atoms with E-state index in [1.807, 2.05) is 6.07 Å². The highest BCUT2D eigenvalue weighted by Crippen LogP contribution is 2.36. The average Bonchev–Trinajstić information content (AvgIpc) is 3.22. The van der Waals surface area contributed by atoms with Gasteiger partial charge in [0.2, 0.25) is 5.54 Å². The van der Waals surface area contributed by atoms with Crippen LogP contribution in [0.15, 0.2) is 66.2 Å². The predicted octanol–water partition coefficient (Wildman–Crippen LogP) is 2.88. The molecular formula is C24H22N2O5. The minimum Gasteiger partial charge on any atom is -0.464 e. The second kappa shape index (κ2) is 9.37. The lowest BCUT2D eigenvalue weighted by molar-refractivity contribution is -0.162. The zero-order valence-electron chi connectivity index (χ0n) is 17.3. The van der Waals surface area contributed by atoms with Crippen LogP contribution in [0.5, 0.6) is 0 Å². The van der Waals surface area contributed by atoms with E-state index in [2.05, 4.69) is 5.32 Å². The molecule has 0 aromatic heterocycles. The Labute approximate surface area is 180 Å². The van der Waals surface area contributed by atoms with Crippen LogP contribution in [0.2, 0.25) is 0 Å². The van der Waals surface area contributed by atoms with Gasteiger partial charge in [-0.15, -0.1) is 0 Å². The molecule has 0 aliphatic carbocycles. The van der Waals surface area contributed by atoms with Crippen molar-refractivity contribution in [1.29, 1.82) is 5.26 Å². The summed E-state index contributed by atoms with van der Waals surface area (Å²) in [5.41, 5.74) is -0.256. The Morgan fingerprint density at radius 2 is 1.55 bits per heavy atom. The van der Waals surface area contributed by atoms with Crippen molar-refractivity contribution >= 4 is 17.7 Å². The van der Waals surface area contributed by atoms with Crippen molar-refractivity contribution in [3.63, 3.8) is 0 Å². The van der Waals surface area contributed by atoms with E-state index in [4.69, 9.17) is 14.7 Å². The van der Waals surface area contributed by atoms with Gasteiger partial charge in [-0.1, -0.05) is 42.5 Å². The zero-order chi connectivity index (χ0) is 22.4. The maximum atomic E-state index is 13.3. The molecule has 158 valence electrons. The highest BCUT2D eigenvalue weighted by Gasteiger charge is 2.54. The first-order valence-electron chi connectivity index (χ1n) is 9.91. The van der Waals surface area contributed by atoms with E-state index in [9.17, 15) is 14.4 Å². The lowest BCUT2D eigenvalue weighted by Gasteiger charge is -2.26. The average molecular weight is 418 g/mol. The van der Waals surface area contributed by atoms with Crippen molar-refractivity contribution in [2.45, 2.75) is 25.4 Å². The minimum atomic E-state index is -1.95. The van der Waals surface area contributed by atoms with E-state index < -0.39 is 23.5 Å². The van der Waals surface area contributed by atoms with E-state index in [1.54, 1.807) is 68.4 Å². The SMILES string of the molecule is CCOC(=O)C1(C(=O)OCC)C=C(C(=O)c2ccccc2)[C@H](c2ccc(C#N)cc2)N1. The molecule has 1 aliphatic heterocycles. The fourth-order valence-corrected chi connectivity index (χ4v) is 3.44. The fourth-order valence-electron chi connectivity index (χ4n) is 3.44. The second-order valence-corrected chi connectivity index (χ2v) is 6.85. The maximum Gasteiger partial charge on any atom is 0.342 e. The standard InChI is InChI=1S/C24H22N2O5/c1-3-30-22(28)24(23(29)31-4-2)14-19(21(27)18-8-6-5-7-9-18)20(26-24)17-12-10-16(15-25)11-13-17/h5-14,20,26H,3-4H2,1-2H3/t20-/m0/s1. The monoisotopic (exact) mass is 418 g/mol. The molecule has 0 unspecified atom stereocenters. The van der Waals surface area contributed by atoms with Crippen LogP contribution in [0.4, 0.5) is 0 Å². The van der Waals surface area contributed by atoms with Crippen LogP contribution in [-0.4, -0.2) is 36.5 Å². The largest absolute Gasteiger partial charge is 0.464 e. The normalized spacial score (nSPS) is 16.7. The van der Waals surface area contributed by atoms with Gasteiger partial charge in [-0.2, -0.15) is 5.26 Å². The van der Waals surface area contributed by atoms with Crippen LogP contribution in [0.3, 0.4) is 0 Å². The summed E-state index contributed by atoms with van der Waals surface area (Å²) in [6.07, 6.45) is 1.31. The molecule has 1 atom stereocenters. The summed E-state index contributed by atoms with van der Waals surface area (Å²) < 4.78 is 10.3. The lowest BCUT2D eigenvalue weighted by atomic mass is 9.93. The number of nitrogens with zero attached hydrogens (tertiary/aromatic N) is 1. The number of ether oxygens (including phenoxy) is 2. The van der Waals surface area contributed by atoms with Crippen molar-refractivity contribution in [1.82, 2.24) is 5.32 Å². The van der Waals surface area contributed by atoms with E-state index in [0.29, 0.717) is 16.7 Å². The molecule has 0 radical (unpaired) electrons. The number of carbonyl (C=O) groups is 3. The Morgan fingerprint density at radius 3 is 2.06 bits per heavy atom. The van der Waals surface area contributed by atoms with E-state index in [0.717, 1.165) is 0 Å². The topological polar surface area (TPSA) is 105 Å². The van der Waals surface area contributed by atoms with Gasteiger partial charge in [0, 0.05) is 11.1 Å². The number of rotatable bonds is 7. The molecule has 1 aliphatic rings. The predicted molar refractivity (Wildman–Crippen MR) is 112 cm³/mol. The van der Waals surface area contributed by atoms with Crippen molar-refractivity contribution < 1.29 is 23.9 Å². The van der Waals surface area contributed by atoms with E-state index in [-0.39, 0.29) is 24.6 Å². The molecule has 0 bridgehead atoms. The Kier molecular flexibility index (Phi) is 6.63. The number of Topliss-reactive ketones (excluding diaryl/α,β-unsaturated/α-hetero) is 1. The van der Waals surface area contributed by atoms with Crippen LogP contribution in [0, 0.1) is 11.3 Å². The van der Waals surface area contributed by atoms with Gasteiger partial charge >= 0.3 is 11.9 Å². The molecular weight excluding hydrogens is 396 g/mol. The Bertz CT molecular complexity index is 1030. The summed E-state index contributed by atoms with van der Waals surface area (Å²) >= 11 is 0. The third-order valence-corrected chi connectivity index (χ3v) is 4.92. The van der Waals surface area contributed by atoms with E-state index in [1.165, 1.54) is 6.08 Å². The van der Waals surface area contributed by atoms with Gasteiger partial charge in [0.1, 0.15) is 0 Å². The molecule has 0 fully saturated rings. The molecule has 7 nitrogen and oxygen atoms in total. The summed E-state index contributed by atoms with van der Waals surface area (Å²) in [6.45, 7) is 3.37. The number of hydrogen-bond acceptors (Lipinski definition) is 7. The Morgan fingerprint density at radius 1 is 0.968 bits per heavy atom. The third kappa shape index (κ3) is 4.25. The molecule has 31 heavy (non-hydrogen) atoms. The van der Waals surface area contributed by atoms with Crippen molar-refractivity contribution in [2.75, 3.05) is 13.2 Å². The quantitative estimate of drug-likeness (QED) is 0.419. The first kappa shape index (κ1) is 21.9. The van der Waals surface area contributed by atoms with Gasteiger partial charge in [0.25, 0.3) is 0 Å². The number of ketones is 1. The van der Waals surface area contributed by atoms with Crippen LogP contribution >= 0.6 is 0 Å². The highest BCUT2D eigenvalue weighted by atomic mass is 16.6. The fraction of sp³-hybridized carbons (Fsp3) is 0.250. The van der Waals surface area contributed by atoms with Crippen molar-refractivity contribution in [3.8, 4) is 6.07 Å².